The molecule has 20 heavy (non-hydrogen) atoms. The predicted octanol–water partition coefficient (Wildman–Crippen LogP) is 4.80. The van der Waals surface area contributed by atoms with E-state index in [4.69, 9.17) is 0 Å². The van der Waals surface area contributed by atoms with Gasteiger partial charge in [0, 0.05) is 17.1 Å². The Hall–Kier alpha value is -0.340. The molecule has 1 aromatic carbocycles. The fraction of sp³-hybridized carbons (Fsp3) is 0.667. The van der Waals surface area contributed by atoms with E-state index in [2.05, 4.69) is 59.4 Å². The highest BCUT2D eigenvalue weighted by atomic mass is 79.9. The Bertz CT molecular complexity index is 453. The first-order valence-corrected chi connectivity index (χ1v) is 8.84. The van der Waals surface area contributed by atoms with E-state index in [1.165, 1.54) is 48.7 Å². The zero-order valence-corrected chi connectivity index (χ0v) is 14.2. The van der Waals surface area contributed by atoms with Crippen LogP contribution < -0.4 is 5.32 Å². The van der Waals surface area contributed by atoms with Gasteiger partial charge in [0.25, 0.3) is 0 Å². The Morgan fingerprint density at radius 3 is 2.55 bits per heavy atom. The Morgan fingerprint density at radius 2 is 2.00 bits per heavy atom. The minimum atomic E-state index is 0.515. The summed E-state index contributed by atoms with van der Waals surface area (Å²) in [5, 5.41) is 3.74. The number of hydrogen-bond acceptors (Lipinski definition) is 1. The maximum Gasteiger partial charge on any atom is 0.0175 e. The Balaban J connectivity index is 1.77. The molecule has 0 spiro atoms. The Kier molecular flexibility index (Phi) is 4.24. The lowest BCUT2D eigenvalue weighted by molar-refractivity contribution is 0.152. The number of rotatable bonds is 5. The Morgan fingerprint density at radius 1 is 1.25 bits per heavy atom. The molecule has 0 heterocycles. The van der Waals surface area contributed by atoms with Crippen LogP contribution in [0, 0.1) is 17.3 Å². The van der Waals surface area contributed by atoms with E-state index >= 15 is 0 Å². The summed E-state index contributed by atoms with van der Waals surface area (Å²) in [5.74, 6) is 1.95. The lowest BCUT2D eigenvalue weighted by Gasteiger charge is -2.39. The van der Waals surface area contributed by atoms with Crippen LogP contribution in [0.4, 0.5) is 0 Å². The smallest absolute Gasteiger partial charge is 0.0175 e. The van der Waals surface area contributed by atoms with Crippen molar-refractivity contribution < 1.29 is 0 Å². The molecule has 2 aliphatic carbocycles. The van der Waals surface area contributed by atoms with Crippen LogP contribution in [0.15, 0.2) is 28.7 Å². The van der Waals surface area contributed by atoms with E-state index < -0.39 is 0 Å². The van der Waals surface area contributed by atoms with E-state index in [0.717, 1.165) is 11.8 Å². The lowest BCUT2D eigenvalue weighted by atomic mass is 9.69. The van der Waals surface area contributed by atoms with Crippen LogP contribution in [-0.4, -0.2) is 12.6 Å². The summed E-state index contributed by atoms with van der Waals surface area (Å²) in [5.41, 5.74) is 2.02. The van der Waals surface area contributed by atoms with Crippen LogP contribution in [0.3, 0.4) is 0 Å². The van der Waals surface area contributed by atoms with Gasteiger partial charge >= 0.3 is 0 Å². The maximum atomic E-state index is 3.74. The molecule has 0 saturated heterocycles. The zero-order valence-electron chi connectivity index (χ0n) is 12.7. The van der Waals surface area contributed by atoms with E-state index in [1.54, 1.807) is 0 Å². The normalized spacial score (nSPS) is 32.2. The molecule has 0 aromatic heterocycles. The molecule has 2 bridgehead atoms. The molecule has 0 radical (unpaired) electrons. The molecule has 3 atom stereocenters. The number of nitrogens with one attached hydrogen (secondary N) is 1. The summed E-state index contributed by atoms with van der Waals surface area (Å²) < 4.78 is 1.18. The molecule has 0 aliphatic heterocycles. The first kappa shape index (κ1) is 14.6. The van der Waals surface area contributed by atoms with E-state index in [0.29, 0.717) is 11.5 Å². The summed E-state index contributed by atoms with van der Waals surface area (Å²) in [6.45, 7) is 5.73. The maximum absolute atomic E-state index is 3.74. The number of hydrogen-bond donors (Lipinski definition) is 1. The second kappa shape index (κ2) is 5.81. The molecular formula is C18H26BrN. The zero-order chi connectivity index (χ0) is 14.2. The average Bonchev–Trinajstić information content (AvgIpc) is 3.00. The highest BCUT2D eigenvalue weighted by Gasteiger charge is 2.50. The molecule has 2 saturated carbocycles. The molecule has 1 nitrogen and oxygen atoms in total. The van der Waals surface area contributed by atoms with Gasteiger partial charge < -0.3 is 5.32 Å². The molecule has 3 unspecified atom stereocenters. The van der Waals surface area contributed by atoms with Crippen molar-refractivity contribution >= 4 is 15.9 Å². The highest BCUT2D eigenvalue weighted by molar-refractivity contribution is 9.10. The lowest BCUT2D eigenvalue weighted by Crippen LogP contribution is -2.42. The number of fused-ring (bicyclic) bond motifs is 2. The molecule has 1 N–H and O–H groups in total. The van der Waals surface area contributed by atoms with Gasteiger partial charge in [0.1, 0.15) is 0 Å². The van der Waals surface area contributed by atoms with Crippen molar-refractivity contribution in [1.82, 2.24) is 5.32 Å². The molecule has 0 amide bonds. The van der Waals surface area contributed by atoms with Crippen molar-refractivity contribution in [3.8, 4) is 0 Å². The highest BCUT2D eigenvalue weighted by Crippen LogP contribution is 2.57. The van der Waals surface area contributed by atoms with Gasteiger partial charge in [0.05, 0.1) is 0 Å². The molecule has 2 aliphatic rings. The van der Waals surface area contributed by atoms with E-state index in [-0.39, 0.29) is 0 Å². The quantitative estimate of drug-likeness (QED) is 0.815. The van der Waals surface area contributed by atoms with Crippen molar-refractivity contribution in [2.75, 3.05) is 6.54 Å². The minimum absolute atomic E-state index is 0.515. The van der Waals surface area contributed by atoms with Crippen molar-refractivity contribution in [3.63, 3.8) is 0 Å². The van der Waals surface area contributed by atoms with Crippen molar-refractivity contribution in [2.24, 2.45) is 17.3 Å². The fourth-order valence-corrected chi connectivity index (χ4v) is 4.73. The van der Waals surface area contributed by atoms with Gasteiger partial charge in [0.15, 0.2) is 0 Å². The first-order valence-electron chi connectivity index (χ1n) is 8.05. The third kappa shape index (κ3) is 2.96. The number of halogens is 1. The molecule has 2 heteroatoms. The largest absolute Gasteiger partial charge is 0.314 e. The van der Waals surface area contributed by atoms with Gasteiger partial charge in [-0.2, -0.15) is 0 Å². The van der Waals surface area contributed by atoms with Crippen LogP contribution in [0.25, 0.3) is 0 Å². The van der Waals surface area contributed by atoms with Crippen LogP contribution in [0.5, 0.6) is 0 Å². The van der Waals surface area contributed by atoms with Crippen molar-refractivity contribution in [1.29, 1.82) is 0 Å². The van der Waals surface area contributed by atoms with Gasteiger partial charge in [-0.25, -0.2) is 0 Å². The molecule has 1 aromatic rings. The minimum Gasteiger partial charge on any atom is -0.314 e. The summed E-state index contributed by atoms with van der Waals surface area (Å²) in [7, 11) is 0. The summed E-state index contributed by atoms with van der Waals surface area (Å²) in [6, 6.07) is 9.56. The van der Waals surface area contributed by atoms with Crippen LogP contribution in [-0.2, 0) is 6.42 Å². The average molecular weight is 336 g/mol. The monoisotopic (exact) mass is 335 g/mol. The number of benzene rings is 1. The van der Waals surface area contributed by atoms with Crippen LogP contribution in [0.2, 0.25) is 0 Å². The predicted molar refractivity (Wildman–Crippen MR) is 88.9 cm³/mol. The topological polar surface area (TPSA) is 12.0 Å². The van der Waals surface area contributed by atoms with Gasteiger partial charge in [0.2, 0.25) is 0 Å². The summed E-state index contributed by atoms with van der Waals surface area (Å²) >= 11 is 3.54. The molecule has 110 valence electrons. The summed E-state index contributed by atoms with van der Waals surface area (Å²) in [6.07, 6.45) is 7.11. The SMILES string of the molecule is CC(C)NCC1(Cc2ccc(Br)cc2)CC2CCC1C2. The first-order chi connectivity index (χ1) is 9.57. The fourth-order valence-electron chi connectivity index (χ4n) is 4.47. The second-order valence-electron chi connectivity index (χ2n) is 7.28. The molecular weight excluding hydrogens is 310 g/mol. The Labute approximate surface area is 131 Å². The van der Waals surface area contributed by atoms with Crippen molar-refractivity contribution in [2.45, 2.75) is 52.0 Å². The molecule has 3 rings (SSSR count). The van der Waals surface area contributed by atoms with Gasteiger partial charge in [-0.15, -0.1) is 0 Å². The van der Waals surface area contributed by atoms with Crippen LogP contribution in [0.1, 0.15) is 45.1 Å². The summed E-state index contributed by atoms with van der Waals surface area (Å²) in [4.78, 5) is 0. The van der Waals surface area contributed by atoms with Crippen molar-refractivity contribution in [3.05, 3.63) is 34.3 Å². The van der Waals surface area contributed by atoms with E-state index in [9.17, 15) is 0 Å². The van der Waals surface area contributed by atoms with Gasteiger partial charge in [-0.1, -0.05) is 48.3 Å². The standard InChI is InChI=1S/C18H26BrN/c1-13(2)20-12-18(11-15-3-6-16(18)9-15)10-14-4-7-17(19)8-5-14/h4-5,7-8,13,15-16,20H,3,6,9-12H2,1-2H3. The van der Waals surface area contributed by atoms with Gasteiger partial charge in [-0.05, 0) is 60.6 Å². The van der Waals surface area contributed by atoms with Crippen LogP contribution >= 0.6 is 15.9 Å². The molecule has 2 fully saturated rings. The van der Waals surface area contributed by atoms with Gasteiger partial charge in [-0.3, -0.25) is 0 Å². The second-order valence-corrected chi connectivity index (χ2v) is 8.20. The third-order valence-electron chi connectivity index (χ3n) is 5.43. The third-order valence-corrected chi connectivity index (χ3v) is 5.96. The van der Waals surface area contributed by atoms with E-state index in [1.807, 2.05) is 0 Å².